The van der Waals surface area contributed by atoms with Crippen LogP contribution in [0.5, 0.6) is 0 Å². The van der Waals surface area contributed by atoms with Crippen molar-refractivity contribution in [3.05, 3.63) is 16.1 Å². The lowest BCUT2D eigenvalue weighted by atomic mass is 10.0. The molecule has 0 aromatic carbocycles. The summed E-state index contributed by atoms with van der Waals surface area (Å²) in [5.41, 5.74) is 1.22. The zero-order chi connectivity index (χ0) is 17.1. The third kappa shape index (κ3) is 4.17. The summed E-state index contributed by atoms with van der Waals surface area (Å²) in [6.45, 7) is 9.30. The molecule has 0 N–H and O–H groups in total. The molecule has 2 aliphatic heterocycles. The summed E-state index contributed by atoms with van der Waals surface area (Å²) in [5, 5.41) is 3.52. The first-order chi connectivity index (χ1) is 11.5. The predicted octanol–water partition coefficient (Wildman–Crippen LogP) is 3.71. The molecule has 24 heavy (non-hydrogen) atoms. The second kappa shape index (κ2) is 7.96. The molecule has 5 heteroatoms. The van der Waals surface area contributed by atoms with Gasteiger partial charge in [0.25, 0.3) is 0 Å². The van der Waals surface area contributed by atoms with Crippen molar-refractivity contribution in [2.75, 3.05) is 13.1 Å². The number of carbonyl (C=O) groups is 1. The fourth-order valence-corrected chi connectivity index (χ4v) is 5.03. The molecule has 2 unspecified atom stereocenters. The highest BCUT2D eigenvalue weighted by atomic mass is 32.1. The highest BCUT2D eigenvalue weighted by Gasteiger charge is 2.38. The monoisotopic (exact) mass is 349 g/mol. The fraction of sp³-hybridized carbons (Fsp3) is 0.789. The normalized spacial score (nSPS) is 25.1. The maximum atomic E-state index is 11.9. The van der Waals surface area contributed by atoms with Crippen molar-refractivity contribution in [2.24, 2.45) is 5.92 Å². The number of carbonyl (C=O) groups excluding carboxylic acids is 1. The Kier molecular flexibility index (Phi) is 5.93. The molecule has 2 fully saturated rings. The third-order valence-electron chi connectivity index (χ3n) is 5.46. The van der Waals surface area contributed by atoms with Gasteiger partial charge in [0.2, 0.25) is 5.91 Å². The van der Waals surface area contributed by atoms with Gasteiger partial charge in [0.1, 0.15) is 0 Å². The van der Waals surface area contributed by atoms with Gasteiger partial charge >= 0.3 is 0 Å². The summed E-state index contributed by atoms with van der Waals surface area (Å²) >= 11 is 1.81. The minimum atomic E-state index is 0.244. The van der Waals surface area contributed by atoms with Crippen molar-refractivity contribution in [3.63, 3.8) is 0 Å². The van der Waals surface area contributed by atoms with E-state index in [9.17, 15) is 4.79 Å². The third-order valence-corrected chi connectivity index (χ3v) is 6.42. The lowest BCUT2D eigenvalue weighted by Gasteiger charge is -2.34. The van der Waals surface area contributed by atoms with Crippen molar-refractivity contribution in [2.45, 2.75) is 77.9 Å². The molecule has 2 aliphatic rings. The molecule has 2 atom stereocenters. The second-order valence-corrected chi connectivity index (χ2v) is 8.71. The first-order valence-electron chi connectivity index (χ1n) is 9.49. The van der Waals surface area contributed by atoms with Gasteiger partial charge in [-0.25, -0.2) is 4.98 Å². The van der Waals surface area contributed by atoms with Crippen LogP contribution in [-0.4, -0.2) is 45.9 Å². The standard InChI is InChI=1S/C19H31N3OS/c1-14(2)8-9-19-20-16(13-24-19)12-21-10-4-6-17(21)18-7-5-11-22(18)15(3)23/h13-14,17-18H,4-12H2,1-3H3. The van der Waals surface area contributed by atoms with Gasteiger partial charge < -0.3 is 4.90 Å². The van der Waals surface area contributed by atoms with E-state index in [1.807, 2.05) is 11.3 Å². The number of aryl methyl sites for hydroxylation is 1. The van der Waals surface area contributed by atoms with Gasteiger partial charge in [-0.05, 0) is 51.0 Å². The summed E-state index contributed by atoms with van der Waals surface area (Å²) in [7, 11) is 0. The Morgan fingerprint density at radius 2 is 2.04 bits per heavy atom. The van der Waals surface area contributed by atoms with Gasteiger partial charge in [0.05, 0.1) is 10.7 Å². The summed E-state index contributed by atoms with van der Waals surface area (Å²) in [6.07, 6.45) is 7.11. The Balaban J connectivity index is 1.61. The van der Waals surface area contributed by atoms with E-state index in [1.165, 1.54) is 30.0 Å². The van der Waals surface area contributed by atoms with E-state index in [4.69, 9.17) is 4.98 Å². The van der Waals surface area contributed by atoms with Crippen LogP contribution in [0.4, 0.5) is 0 Å². The van der Waals surface area contributed by atoms with Crippen LogP contribution in [0.25, 0.3) is 0 Å². The number of nitrogens with zero attached hydrogens (tertiary/aromatic N) is 3. The topological polar surface area (TPSA) is 36.4 Å². The van der Waals surface area contributed by atoms with Gasteiger partial charge in [-0.3, -0.25) is 9.69 Å². The number of amides is 1. The van der Waals surface area contributed by atoms with Crippen molar-refractivity contribution in [1.82, 2.24) is 14.8 Å². The van der Waals surface area contributed by atoms with Gasteiger partial charge in [0, 0.05) is 37.5 Å². The average Bonchev–Trinajstić information content (AvgIpc) is 3.25. The Hall–Kier alpha value is -0.940. The minimum absolute atomic E-state index is 0.244. The van der Waals surface area contributed by atoms with Crippen LogP contribution < -0.4 is 0 Å². The van der Waals surface area contributed by atoms with Crippen molar-refractivity contribution >= 4 is 17.2 Å². The maximum Gasteiger partial charge on any atom is 0.219 e. The zero-order valence-electron chi connectivity index (χ0n) is 15.3. The number of rotatable bonds is 6. The molecule has 4 nitrogen and oxygen atoms in total. The first-order valence-corrected chi connectivity index (χ1v) is 10.4. The van der Waals surface area contributed by atoms with Crippen LogP contribution in [-0.2, 0) is 17.8 Å². The zero-order valence-corrected chi connectivity index (χ0v) is 16.1. The average molecular weight is 350 g/mol. The first kappa shape index (κ1) is 17.9. The van der Waals surface area contributed by atoms with Crippen LogP contribution >= 0.6 is 11.3 Å². The van der Waals surface area contributed by atoms with Crippen LogP contribution in [0.15, 0.2) is 5.38 Å². The number of thiazole rings is 1. The summed E-state index contributed by atoms with van der Waals surface area (Å²) in [6, 6.07) is 0.946. The quantitative estimate of drug-likeness (QED) is 0.785. The fourth-order valence-electron chi connectivity index (χ4n) is 4.22. The lowest BCUT2D eigenvalue weighted by molar-refractivity contribution is -0.130. The van der Waals surface area contributed by atoms with E-state index >= 15 is 0 Å². The number of hydrogen-bond acceptors (Lipinski definition) is 4. The number of likely N-dealkylation sites (tertiary alicyclic amines) is 2. The van der Waals surface area contributed by atoms with Crippen molar-refractivity contribution < 1.29 is 4.79 Å². The smallest absolute Gasteiger partial charge is 0.219 e. The van der Waals surface area contributed by atoms with Crippen molar-refractivity contribution in [1.29, 1.82) is 0 Å². The van der Waals surface area contributed by atoms with Crippen LogP contribution in [0.1, 0.15) is 63.6 Å². The van der Waals surface area contributed by atoms with Gasteiger partial charge in [-0.2, -0.15) is 0 Å². The molecule has 1 aromatic rings. The molecule has 0 aliphatic carbocycles. The number of hydrogen-bond donors (Lipinski definition) is 0. The van der Waals surface area contributed by atoms with Gasteiger partial charge in [-0.15, -0.1) is 11.3 Å². The summed E-state index contributed by atoms with van der Waals surface area (Å²) < 4.78 is 0. The Morgan fingerprint density at radius 3 is 2.79 bits per heavy atom. The van der Waals surface area contributed by atoms with E-state index in [1.54, 1.807) is 6.92 Å². The van der Waals surface area contributed by atoms with E-state index < -0.39 is 0 Å². The molecule has 0 radical (unpaired) electrons. The Bertz CT molecular complexity index is 557. The van der Waals surface area contributed by atoms with E-state index in [-0.39, 0.29) is 5.91 Å². The van der Waals surface area contributed by atoms with E-state index in [0.29, 0.717) is 12.1 Å². The molecule has 1 aromatic heterocycles. The molecule has 2 saturated heterocycles. The largest absolute Gasteiger partial charge is 0.338 e. The van der Waals surface area contributed by atoms with E-state index in [2.05, 4.69) is 29.0 Å². The van der Waals surface area contributed by atoms with Crippen molar-refractivity contribution in [3.8, 4) is 0 Å². The highest BCUT2D eigenvalue weighted by molar-refractivity contribution is 7.09. The number of aromatic nitrogens is 1. The molecular formula is C19H31N3OS. The van der Waals surface area contributed by atoms with Crippen LogP contribution in [0, 0.1) is 5.92 Å². The predicted molar refractivity (Wildman–Crippen MR) is 99.1 cm³/mol. The highest BCUT2D eigenvalue weighted by Crippen LogP contribution is 2.31. The molecule has 3 heterocycles. The molecule has 134 valence electrons. The molecule has 1 amide bonds. The summed E-state index contributed by atoms with van der Waals surface area (Å²) in [4.78, 5) is 21.4. The molecule has 3 rings (SSSR count). The molecular weight excluding hydrogens is 318 g/mol. The van der Waals surface area contributed by atoms with Gasteiger partial charge in [0.15, 0.2) is 0 Å². The van der Waals surface area contributed by atoms with Crippen LogP contribution in [0.3, 0.4) is 0 Å². The molecule has 0 saturated carbocycles. The van der Waals surface area contributed by atoms with E-state index in [0.717, 1.165) is 44.8 Å². The minimum Gasteiger partial charge on any atom is -0.338 e. The van der Waals surface area contributed by atoms with Crippen LogP contribution in [0.2, 0.25) is 0 Å². The van der Waals surface area contributed by atoms with Gasteiger partial charge in [-0.1, -0.05) is 13.8 Å². The molecule has 0 bridgehead atoms. The maximum absolute atomic E-state index is 11.9. The Morgan fingerprint density at radius 1 is 1.29 bits per heavy atom. The lowest BCUT2D eigenvalue weighted by Crippen LogP contribution is -2.47. The second-order valence-electron chi connectivity index (χ2n) is 7.77. The SMILES string of the molecule is CC(=O)N1CCCC1C1CCCN1Cc1csc(CCC(C)C)n1. The molecule has 0 spiro atoms. The Labute approximate surface area is 150 Å². The summed E-state index contributed by atoms with van der Waals surface area (Å²) in [5.74, 6) is 0.981.